The molecule has 4 nitrogen and oxygen atoms in total. The molecule has 1 N–H and O–H groups in total. The maximum atomic E-state index is 11.8. The Morgan fingerprint density at radius 1 is 1.18 bits per heavy atom. The predicted octanol–water partition coefficient (Wildman–Crippen LogP) is 3.11. The number of amides is 1. The summed E-state index contributed by atoms with van der Waals surface area (Å²) in [6, 6.07) is 15.4. The van der Waals surface area contributed by atoms with E-state index in [1.807, 2.05) is 54.8 Å². The van der Waals surface area contributed by atoms with Crippen LogP contribution in [0.1, 0.15) is 11.1 Å². The summed E-state index contributed by atoms with van der Waals surface area (Å²) in [4.78, 5) is 13.0. The average molecular weight is 314 g/mol. The zero-order valence-corrected chi connectivity index (χ0v) is 13.4. The number of hydrogen-bond donors (Lipinski definition) is 1. The van der Waals surface area contributed by atoms with E-state index in [-0.39, 0.29) is 12.3 Å². The van der Waals surface area contributed by atoms with Crippen molar-refractivity contribution in [2.75, 3.05) is 13.4 Å². The lowest BCUT2D eigenvalue weighted by Crippen LogP contribution is -2.19. The van der Waals surface area contributed by atoms with Crippen molar-refractivity contribution in [3.8, 4) is 5.75 Å². The van der Waals surface area contributed by atoms with E-state index in [0.29, 0.717) is 0 Å². The summed E-state index contributed by atoms with van der Waals surface area (Å²) in [5.41, 5.74) is 4.39. The summed E-state index contributed by atoms with van der Waals surface area (Å²) < 4.78 is 5.08. The molecule has 0 bridgehead atoms. The quantitative estimate of drug-likeness (QED) is 0.506. The van der Waals surface area contributed by atoms with Gasteiger partial charge in [0, 0.05) is 4.90 Å². The van der Waals surface area contributed by atoms with Crippen molar-refractivity contribution in [1.82, 2.24) is 5.43 Å². The van der Waals surface area contributed by atoms with Crippen molar-refractivity contribution in [2.45, 2.75) is 11.3 Å². The van der Waals surface area contributed by atoms with Crippen molar-refractivity contribution in [3.63, 3.8) is 0 Å². The van der Waals surface area contributed by atoms with E-state index >= 15 is 0 Å². The Hall–Kier alpha value is -2.27. The lowest BCUT2D eigenvalue weighted by Gasteiger charge is -2.03. The van der Waals surface area contributed by atoms with E-state index < -0.39 is 0 Å². The normalized spacial score (nSPS) is 10.6. The molecule has 0 fully saturated rings. The van der Waals surface area contributed by atoms with E-state index in [4.69, 9.17) is 4.74 Å². The van der Waals surface area contributed by atoms with Gasteiger partial charge >= 0.3 is 0 Å². The fraction of sp³-hybridized carbons (Fsp3) is 0.176. The van der Waals surface area contributed by atoms with Crippen LogP contribution in [0.2, 0.25) is 0 Å². The van der Waals surface area contributed by atoms with Crippen molar-refractivity contribution in [1.29, 1.82) is 0 Å². The van der Waals surface area contributed by atoms with E-state index in [1.54, 1.807) is 25.1 Å². The van der Waals surface area contributed by atoms with E-state index in [9.17, 15) is 4.79 Å². The summed E-state index contributed by atoms with van der Waals surface area (Å²) in [5, 5.41) is 3.97. The molecule has 0 atom stereocenters. The van der Waals surface area contributed by atoms with Crippen LogP contribution in [0.5, 0.6) is 5.75 Å². The van der Waals surface area contributed by atoms with Gasteiger partial charge in [-0.2, -0.15) is 5.10 Å². The molecule has 0 aliphatic heterocycles. The summed E-state index contributed by atoms with van der Waals surface area (Å²) in [5.74, 6) is 0.623. The van der Waals surface area contributed by atoms with Gasteiger partial charge in [-0.25, -0.2) is 5.43 Å². The molecule has 0 heterocycles. The smallest absolute Gasteiger partial charge is 0.244 e. The number of rotatable bonds is 6. The average Bonchev–Trinajstić information content (AvgIpc) is 2.56. The largest absolute Gasteiger partial charge is 0.497 e. The first-order valence-corrected chi connectivity index (χ1v) is 8.02. The Balaban J connectivity index is 1.84. The number of ether oxygens (including phenoxy) is 1. The zero-order chi connectivity index (χ0) is 15.8. The maximum absolute atomic E-state index is 11.8. The van der Waals surface area contributed by atoms with Crippen LogP contribution < -0.4 is 10.2 Å². The van der Waals surface area contributed by atoms with Crippen molar-refractivity contribution in [3.05, 3.63) is 59.7 Å². The van der Waals surface area contributed by atoms with Crippen molar-refractivity contribution >= 4 is 23.9 Å². The molecule has 1 amide bonds. The minimum absolute atomic E-state index is 0.151. The van der Waals surface area contributed by atoms with Gasteiger partial charge in [-0.15, -0.1) is 11.8 Å². The summed E-state index contributed by atoms with van der Waals surface area (Å²) in [6.45, 7) is 0. The first-order chi connectivity index (χ1) is 10.7. The van der Waals surface area contributed by atoms with Crippen LogP contribution in [0.15, 0.2) is 58.5 Å². The van der Waals surface area contributed by atoms with Crippen molar-refractivity contribution in [2.24, 2.45) is 5.10 Å². The third-order valence-electron chi connectivity index (χ3n) is 3.04. The molecule has 0 saturated heterocycles. The molecular weight excluding hydrogens is 296 g/mol. The highest BCUT2D eigenvalue weighted by Crippen LogP contribution is 2.14. The van der Waals surface area contributed by atoms with Gasteiger partial charge in [0.1, 0.15) is 5.75 Å². The van der Waals surface area contributed by atoms with Crippen LogP contribution in [0.25, 0.3) is 0 Å². The lowest BCUT2D eigenvalue weighted by atomic mass is 10.1. The maximum Gasteiger partial charge on any atom is 0.244 e. The molecule has 22 heavy (non-hydrogen) atoms. The first-order valence-electron chi connectivity index (χ1n) is 6.80. The molecule has 5 heteroatoms. The van der Waals surface area contributed by atoms with Gasteiger partial charge < -0.3 is 4.74 Å². The summed E-state index contributed by atoms with van der Waals surface area (Å²) in [6.07, 6.45) is 3.95. The van der Waals surface area contributed by atoms with Crippen LogP contribution >= 0.6 is 11.8 Å². The first kappa shape index (κ1) is 16.1. The fourth-order valence-electron chi connectivity index (χ4n) is 1.84. The second-order valence-electron chi connectivity index (χ2n) is 4.59. The molecule has 0 unspecified atom stereocenters. The molecule has 2 aromatic rings. The number of nitrogens with zero attached hydrogens (tertiary/aromatic N) is 1. The SMILES string of the molecule is COc1ccc(CC(=O)NN=Cc2ccc(SC)cc2)cc1. The minimum atomic E-state index is -0.151. The van der Waals surface area contributed by atoms with Crippen LogP contribution in [0.4, 0.5) is 0 Å². The van der Waals surface area contributed by atoms with Crippen LogP contribution in [0, 0.1) is 0 Å². The van der Waals surface area contributed by atoms with Crippen LogP contribution in [-0.4, -0.2) is 25.5 Å². The Kier molecular flexibility index (Phi) is 6.03. The molecule has 0 aliphatic rings. The number of nitrogens with one attached hydrogen (secondary N) is 1. The number of hydrazone groups is 1. The van der Waals surface area contributed by atoms with E-state index in [2.05, 4.69) is 10.5 Å². The van der Waals surface area contributed by atoms with Gasteiger partial charge in [0.25, 0.3) is 0 Å². The highest BCUT2D eigenvalue weighted by Gasteiger charge is 2.02. The van der Waals surface area contributed by atoms with Gasteiger partial charge in [-0.1, -0.05) is 24.3 Å². The molecule has 2 rings (SSSR count). The third kappa shape index (κ3) is 4.93. The number of thioether (sulfide) groups is 1. The molecule has 2 aromatic carbocycles. The topological polar surface area (TPSA) is 50.7 Å². The molecule has 114 valence electrons. The number of benzene rings is 2. The van der Waals surface area contributed by atoms with Crippen LogP contribution in [0.3, 0.4) is 0 Å². The van der Waals surface area contributed by atoms with E-state index in [0.717, 1.165) is 16.9 Å². The molecule has 0 aromatic heterocycles. The Morgan fingerprint density at radius 2 is 1.86 bits per heavy atom. The van der Waals surface area contributed by atoms with E-state index in [1.165, 1.54) is 4.90 Å². The van der Waals surface area contributed by atoms with Gasteiger partial charge in [-0.05, 0) is 41.6 Å². The Labute approximate surface area is 134 Å². The summed E-state index contributed by atoms with van der Waals surface area (Å²) in [7, 11) is 1.61. The zero-order valence-electron chi connectivity index (χ0n) is 12.6. The highest BCUT2D eigenvalue weighted by molar-refractivity contribution is 7.98. The summed E-state index contributed by atoms with van der Waals surface area (Å²) >= 11 is 1.69. The molecule has 0 radical (unpaired) electrons. The highest BCUT2D eigenvalue weighted by atomic mass is 32.2. The number of hydrogen-bond acceptors (Lipinski definition) is 4. The number of carbonyl (C=O) groups excluding carboxylic acids is 1. The van der Waals surface area contributed by atoms with Crippen LogP contribution in [-0.2, 0) is 11.2 Å². The molecular formula is C17H18N2O2S. The third-order valence-corrected chi connectivity index (χ3v) is 3.79. The fourth-order valence-corrected chi connectivity index (χ4v) is 2.25. The second kappa shape index (κ2) is 8.24. The number of methoxy groups -OCH3 is 1. The second-order valence-corrected chi connectivity index (χ2v) is 5.47. The van der Waals surface area contributed by atoms with Crippen molar-refractivity contribution < 1.29 is 9.53 Å². The minimum Gasteiger partial charge on any atom is -0.497 e. The van der Waals surface area contributed by atoms with Gasteiger partial charge in [0.15, 0.2) is 0 Å². The van der Waals surface area contributed by atoms with Gasteiger partial charge in [0.2, 0.25) is 5.91 Å². The molecule has 0 saturated carbocycles. The lowest BCUT2D eigenvalue weighted by molar-refractivity contribution is -0.120. The van der Waals surface area contributed by atoms with Gasteiger partial charge in [0.05, 0.1) is 19.7 Å². The molecule has 0 aliphatic carbocycles. The Morgan fingerprint density at radius 3 is 2.45 bits per heavy atom. The Bertz CT molecular complexity index is 637. The molecule has 0 spiro atoms. The predicted molar refractivity (Wildman–Crippen MR) is 90.7 cm³/mol. The van der Waals surface area contributed by atoms with Gasteiger partial charge in [-0.3, -0.25) is 4.79 Å². The standard InChI is InChI=1S/C17H18N2O2S/c1-21-15-7-3-13(4-8-15)11-17(20)19-18-12-14-5-9-16(22-2)10-6-14/h3-10,12H,11H2,1-2H3,(H,19,20). The monoisotopic (exact) mass is 314 g/mol. The number of carbonyl (C=O) groups is 1.